The molecule has 7 heteroatoms. The fourth-order valence-electron chi connectivity index (χ4n) is 2.52. The number of amides is 2. The number of carbonyl (C=O) groups is 2. The van der Waals surface area contributed by atoms with Gasteiger partial charge in [-0.15, -0.1) is 11.8 Å². The summed E-state index contributed by atoms with van der Waals surface area (Å²) in [5.74, 6) is 1.18. The summed E-state index contributed by atoms with van der Waals surface area (Å²) in [5.41, 5.74) is 2.84. The van der Waals surface area contributed by atoms with E-state index in [0.29, 0.717) is 22.9 Å². The van der Waals surface area contributed by atoms with Crippen molar-refractivity contribution in [1.82, 2.24) is 9.88 Å². The zero-order valence-electron chi connectivity index (χ0n) is 15.7. The number of nitrogens with zero attached hydrogens (tertiary/aromatic N) is 2. The molecule has 0 aliphatic rings. The molecule has 3 rings (SSSR count). The van der Waals surface area contributed by atoms with Crippen molar-refractivity contribution in [3.05, 3.63) is 72.1 Å². The fourth-order valence-corrected chi connectivity index (χ4v) is 3.22. The van der Waals surface area contributed by atoms with Gasteiger partial charge in [0, 0.05) is 36.7 Å². The molecule has 6 nitrogen and oxygen atoms in total. The summed E-state index contributed by atoms with van der Waals surface area (Å²) in [6, 6.07) is 16.6. The number of hydrogen-bond acceptors (Lipinski definition) is 5. The quantitative estimate of drug-likeness (QED) is 0.656. The first-order chi connectivity index (χ1) is 13.5. The Kier molecular flexibility index (Phi) is 6.49. The Morgan fingerprint density at radius 3 is 2.64 bits per heavy atom. The number of benzene rings is 2. The molecule has 0 radical (unpaired) electrons. The van der Waals surface area contributed by atoms with Crippen LogP contribution in [-0.2, 0) is 10.5 Å². The van der Waals surface area contributed by atoms with Gasteiger partial charge in [0.15, 0.2) is 0 Å². The highest BCUT2D eigenvalue weighted by Gasteiger charge is 2.11. The summed E-state index contributed by atoms with van der Waals surface area (Å²) in [6.45, 7) is 0. The van der Waals surface area contributed by atoms with Gasteiger partial charge >= 0.3 is 0 Å². The summed E-state index contributed by atoms with van der Waals surface area (Å²) in [7, 11) is 3.38. The molecule has 0 unspecified atom stereocenters. The van der Waals surface area contributed by atoms with Crippen LogP contribution in [0.1, 0.15) is 16.1 Å². The van der Waals surface area contributed by atoms with Crippen molar-refractivity contribution in [3.8, 4) is 11.5 Å². The lowest BCUT2D eigenvalue weighted by Crippen LogP contribution is -2.22. The van der Waals surface area contributed by atoms with Crippen molar-refractivity contribution in [2.75, 3.05) is 25.2 Å². The first-order valence-corrected chi connectivity index (χ1v) is 9.87. The predicted octanol–water partition coefficient (Wildman–Crippen LogP) is 3.92. The molecule has 28 heavy (non-hydrogen) atoms. The lowest BCUT2D eigenvalue weighted by atomic mass is 10.2. The fraction of sp³-hybridized carbons (Fsp3) is 0.190. The van der Waals surface area contributed by atoms with E-state index in [1.807, 2.05) is 30.3 Å². The standard InChI is InChI=1S/C21H21N3O3S/c1-24(2)21(26)16-9-6-10-17(11-16)22-19(25)14-28-13-18-12-27-20(23-18)15-7-4-3-5-8-15/h3-12H,13-14H2,1-2H3,(H,22,25). The van der Waals surface area contributed by atoms with Crippen molar-refractivity contribution in [2.24, 2.45) is 0 Å². The van der Waals surface area contributed by atoms with Crippen LogP contribution in [0.25, 0.3) is 11.5 Å². The molecule has 0 aliphatic heterocycles. The van der Waals surface area contributed by atoms with Crippen molar-refractivity contribution in [3.63, 3.8) is 0 Å². The van der Waals surface area contributed by atoms with Crippen molar-refractivity contribution >= 4 is 29.3 Å². The van der Waals surface area contributed by atoms with E-state index in [9.17, 15) is 9.59 Å². The van der Waals surface area contributed by atoms with E-state index in [2.05, 4.69) is 10.3 Å². The molecule has 2 aromatic carbocycles. The van der Waals surface area contributed by atoms with E-state index >= 15 is 0 Å². The Balaban J connectivity index is 1.50. The zero-order chi connectivity index (χ0) is 19.9. The van der Waals surface area contributed by atoms with Crippen LogP contribution >= 0.6 is 11.8 Å². The first kappa shape index (κ1) is 19.7. The van der Waals surface area contributed by atoms with Gasteiger partial charge in [-0.2, -0.15) is 0 Å². The van der Waals surface area contributed by atoms with Crippen LogP contribution in [0.15, 0.2) is 65.3 Å². The number of thioether (sulfide) groups is 1. The Morgan fingerprint density at radius 2 is 1.89 bits per heavy atom. The third kappa shape index (κ3) is 5.23. The van der Waals surface area contributed by atoms with Crippen LogP contribution < -0.4 is 5.32 Å². The molecule has 0 spiro atoms. The normalized spacial score (nSPS) is 10.5. The summed E-state index contributed by atoms with van der Waals surface area (Å²) >= 11 is 1.45. The summed E-state index contributed by atoms with van der Waals surface area (Å²) in [5, 5.41) is 2.82. The third-order valence-electron chi connectivity index (χ3n) is 3.86. The number of anilines is 1. The first-order valence-electron chi connectivity index (χ1n) is 8.72. The topological polar surface area (TPSA) is 75.4 Å². The van der Waals surface area contributed by atoms with Gasteiger partial charge in [0.25, 0.3) is 5.91 Å². The van der Waals surface area contributed by atoms with Gasteiger partial charge < -0.3 is 14.6 Å². The van der Waals surface area contributed by atoms with E-state index in [-0.39, 0.29) is 17.6 Å². The minimum absolute atomic E-state index is 0.106. The van der Waals surface area contributed by atoms with E-state index < -0.39 is 0 Å². The molecule has 0 saturated heterocycles. The highest BCUT2D eigenvalue weighted by Crippen LogP contribution is 2.20. The van der Waals surface area contributed by atoms with E-state index in [1.165, 1.54) is 16.7 Å². The number of oxazole rings is 1. The maximum atomic E-state index is 12.2. The Bertz CT molecular complexity index is 954. The molecule has 1 heterocycles. The molecule has 2 amide bonds. The molecule has 3 aromatic rings. The highest BCUT2D eigenvalue weighted by molar-refractivity contribution is 7.99. The van der Waals surface area contributed by atoms with Crippen molar-refractivity contribution in [1.29, 1.82) is 0 Å². The summed E-state index contributed by atoms with van der Waals surface area (Å²) in [6.07, 6.45) is 1.61. The van der Waals surface area contributed by atoms with Crippen LogP contribution in [-0.4, -0.2) is 41.5 Å². The lowest BCUT2D eigenvalue weighted by molar-refractivity contribution is -0.113. The van der Waals surface area contributed by atoms with E-state index in [4.69, 9.17) is 4.42 Å². The van der Waals surface area contributed by atoms with E-state index in [1.54, 1.807) is 44.6 Å². The second kappa shape index (κ2) is 9.23. The molecular weight excluding hydrogens is 374 g/mol. The van der Waals surface area contributed by atoms with Gasteiger partial charge in [0.1, 0.15) is 6.26 Å². The molecule has 0 aliphatic carbocycles. The Labute approximate surface area is 168 Å². The van der Waals surface area contributed by atoms with Gasteiger partial charge in [-0.25, -0.2) is 4.98 Å². The number of carbonyl (C=O) groups excluding carboxylic acids is 2. The third-order valence-corrected chi connectivity index (χ3v) is 4.82. The minimum atomic E-state index is -0.133. The minimum Gasteiger partial charge on any atom is -0.444 e. The lowest BCUT2D eigenvalue weighted by Gasteiger charge is -2.11. The summed E-state index contributed by atoms with van der Waals surface area (Å²) < 4.78 is 5.50. The van der Waals surface area contributed by atoms with Crippen LogP contribution in [0, 0.1) is 0 Å². The van der Waals surface area contributed by atoms with Crippen molar-refractivity contribution in [2.45, 2.75) is 5.75 Å². The maximum Gasteiger partial charge on any atom is 0.253 e. The molecule has 0 bridgehead atoms. The maximum absolute atomic E-state index is 12.2. The van der Waals surface area contributed by atoms with Gasteiger partial charge in [0.2, 0.25) is 11.8 Å². The SMILES string of the molecule is CN(C)C(=O)c1cccc(NC(=O)CSCc2coc(-c3ccccc3)n2)c1. The number of nitrogens with one attached hydrogen (secondary N) is 1. The number of rotatable bonds is 7. The molecule has 1 N–H and O–H groups in total. The monoisotopic (exact) mass is 395 g/mol. The van der Waals surface area contributed by atoms with Crippen molar-refractivity contribution < 1.29 is 14.0 Å². The van der Waals surface area contributed by atoms with Gasteiger partial charge in [0.05, 0.1) is 11.4 Å². The van der Waals surface area contributed by atoms with E-state index in [0.717, 1.165) is 11.3 Å². The van der Waals surface area contributed by atoms with Crippen LogP contribution in [0.5, 0.6) is 0 Å². The predicted molar refractivity (Wildman–Crippen MR) is 111 cm³/mol. The average Bonchev–Trinajstić information content (AvgIpc) is 3.17. The second-order valence-electron chi connectivity index (χ2n) is 6.33. The smallest absolute Gasteiger partial charge is 0.253 e. The summed E-state index contributed by atoms with van der Waals surface area (Å²) in [4.78, 5) is 30.1. The van der Waals surface area contributed by atoms with Gasteiger partial charge in [-0.3, -0.25) is 9.59 Å². The molecule has 0 saturated carbocycles. The van der Waals surface area contributed by atoms with Crippen LogP contribution in [0.4, 0.5) is 5.69 Å². The molecule has 1 aromatic heterocycles. The number of aromatic nitrogens is 1. The Morgan fingerprint density at radius 1 is 1.11 bits per heavy atom. The highest BCUT2D eigenvalue weighted by atomic mass is 32.2. The van der Waals surface area contributed by atoms with Gasteiger partial charge in [-0.1, -0.05) is 24.3 Å². The molecular formula is C21H21N3O3S. The number of hydrogen-bond donors (Lipinski definition) is 1. The largest absolute Gasteiger partial charge is 0.444 e. The zero-order valence-corrected chi connectivity index (χ0v) is 16.5. The molecule has 0 atom stereocenters. The van der Waals surface area contributed by atoms with Gasteiger partial charge in [-0.05, 0) is 30.3 Å². The van der Waals surface area contributed by atoms with Crippen LogP contribution in [0.3, 0.4) is 0 Å². The molecule has 0 fully saturated rings. The Hall–Kier alpha value is -3.06. The van der Waals surface area contributed by atoms with Crippen LogP contribution in [0.2, 0.25) is 0 Å². The second-order valence-corrected chi connectivity index (χ2v) is 7.32. The average molecular weight is 395 g/mol. The molecule has 144 valence electrons.